The number of rotatable bonds is 11. The lowest BCUT2D eigenvalue weighted by Gasteiger charge is -2.15. The third-order valence-electron chi connectivity index (χ3n) is 3.16. The van der Waals surface area contributed by atoms with Gasteiger partial charge < -0.3 is 19.9 Å². The van der Waals surface area contributed by atoms with Crippen molar-refractivity contribution in [2.75, 3.05) is 26.4 Å². The van der Waals surface area contributed by atoms with Gasteiger partial charge in [-0.3, -0.25) is 0 Å². The Morgan fingerprint density at radius 3 is 2.48 bits per heavy atom. The molecule has 1 aromatic carbocycles. The van der Waals surface area contributed by atoms with Crippen LogP contribution in [0.1, 0.15) is 39.2 Å². The SMILES string of the molecule is CCCOCCOc1ccc(CC(N)CC)cc1OCC. The van der Waals surface area contributed by atoms with Crippen molar-refractivity contribution in [3.05, 3.63) is 23.8 Å². The van der Waals surface area contributed by atoms with Crippen LogP contribution in [0.4, 0.5) is 0 Å². The molecule has 2 N–H and O–H groups in total. The molecule has 21 heavy (non-hydrogen) atoms. The Kier molecular flexibility index (Phi) is 8.87. The van der Waals surface area contributed by atoms with E-state index in [9.17, 15) is 0 Å². The van der Waals surface area contributed by atoms with Gasteiger partial charge in [0.2, 0.25) is 0 Å². The van der Waals surface area contributed by atoms with Crippen LogP contribution in [0, 0.1) is 0 Å². The summed E-state index contributed by atoms with van der Waals surface area (Å²) in [4.78, 5) is 0. The van der Waals surface area contributed by atoms with E-state index in [0.29, 0.717) is 19.8 Å². The molecule has 0 saturated heterocycles. The quantitative estimate of drug-likeness (QED) is 0.637. The summed E-state index contributed by atoms with van der Waals surface area (Å²) in [6, 6.07) is 6.23. The third-order valence-corrected chi connectivity index (χ3v) is 3.16. The van der Waals surface area contributed by atoms with Gasteiger partial charge in [0, 0.05) is 12.6 Å². The minimum Gasteiger partial charge on any atom is -0.490 e. The maximum Gasteiger partial charge on any atom is 0.161 e. The molecular formula is C17H29NO3. The van der Waals surface area contributed by atoms with Crippen molar-refractivity contribution in [1.82, 2.24) is 0 Å². The predicted octanol–water partition coefficient (Wildman–Crippen LogP) is 3.17. The van der Waals surface area contributed by atoms with E-state index >= 15 is 0 Å². The lowest BCUT2D eigenvalue weighted by molar-refractivity contribution is 0.0992. The highest BCUT2D eigenvalue weighted by Gasteiger charge is 2.08. The standard InChI is InChI=1S/C17H29NO3/c1-4-9-19-10-11-21-16-8-7-14(12-15(18)5-2)13-17(16)20-6-3/h7-8,13,15H,4-6,9-12,18H2,1-3H3. The Balaban J connectivity index is 2.61. The van der Waals surface area contributed by atoms with Crippen LogP contribution in [0.15, 0.2) is 18.2 Å². The Bertz CT molecular complexity index is 396. The number of hydrogen-bond donors (Lipinski definition) is 1. The number of nitrogens with two attached hydrogens (primary N) is 1. The molecule has 0 aliphatic carbocycles. The van der Waals surface area contributed by atoms with Gasteiger partial charge in [-0.1, -0.05) is 19.9 Å². The molecule has 1 atom stereocenters. The van der Waals surface area contributed by atoms with Crippen molar-refractivity contribution in [1.29, 1.82) is 0 Å². The zero-order chi connectivity index (χ0) is 15.5. The van der Waals surface area contributed by atoms with E-state index in [4.69, 9.17) is 19.9 Å². The van der Waals surface area contributed by atoms with Crippen molar-refractivity contribution in [3.63, 3.8) is 0 Å². The van der Waals surface area contributed by atoms with Gasteiger partial charge in [-0.2, -0.15) is 0 Å². The average molecular weight is 295 g/mol. The first-order valence-corrected chi connectivity index (χ1v) is 7.93. The molecule has 0 amide bonds. The fourth-order valence-electron chi connectivity index (χ4n) is 1.97. The van der Waals surface area contributed by atoms with Crippen LogP contribution in [0.3, 0.4) is 0 Å². The minimum absolute atomic E-state index is 0.189. The minimum atomic E-state index is 0.189. The van der Waals surface area contributed by atoms with Gasteiger partial charge in [-0.25, -0.2) is 0 Å². The second kappa shape index (κ2) is 10.5. The normalized spacial score (nSPS) is 12.2. The fourth-order valence-corrected chi connectivity index (χ4v) is 1.97. The Labute approximate surface area is 128 Å². The van der Waals surface area contributed by atoms with Crippen LogP contribution < -0.4 is 15.2 Å². The summed E-state index contributed by atoms with van der Waals surface area (Å²) in [5.41, 5.74) is 7.19. The van der Waals surface area contributed by atoms with Gasteiger partial charge in [-0.15, -0.1) is 0 Å². The monoisotopic (exact) mass is 295 g/mol. The zero-order valence-electron chi connectivity index (χ0n) is 13.6. The molecule has 0 spiro atoms. The van der Waals surface area contributed by atoms with Crippen molar-refractivity contribution >= 4 is 0 Å². The Morgan fingerprint density at radius 2 is 1.81 bits per heavy atom. The molecule has 1 aromatic rings. The van der Waals surface area contributed by atoms with Crippen LogP contribution in [0.5, 0.6) is 11.5 Å². The van der Waals surface area contributed by atoms with Gasteiger partial charge in [0.15, 0.2) is 11.5 Å². The molecule has 0 heterocycles. The smallest absolute Gasteiger partial charge is 0.161 e. The molecule has 0 aromatic heterocycles. The van der Waals surface area contributed by atoms with E-state index in [-0.39, 0.29) is 6.04 Å². The molecule has 1 unspecified atom stereocenters. The Hall–Kier alpha value is -1.26. The predicted molar refractivity (Wildman–Crippen MR) is 86.2 cm³/mol. The topological polar surface area (TPSA) is 53.7 Å². The molecule has 0 bridgehead atoms. The summed E-state index contributed by atoms with van der Waals surface area (Å²) in [5.74, 6) is 1.56. The Morgan fingerprint density at radius 1 is 1.00 bits per heavy atom. The summed E-state index contributed by atoms with van der Waals surface area (Å²) in [5, 5.41) is 0. The van der Waals surface area contributed by atoms with E-state index in [0.717, 1.165) is 37.4 Å². The maximum absolute atomic E-state index is 6.01. The fraction of sp³-hybridized carbons (Fsp3) is 0.647. The van der Waals surface area contributed by atoms with Gasteiger partial charge in [-0.05, 0) is 43.9 Å². The number of hydrogen-bond acceptors (Lipinski definition) is 4. The van der Waals surface area contributed by atoms with Crippen molar-refractivity contribution in [3.8, 4) is 11.5 Å². The lowest BCUT2D eigenvalue weighted by atomic mass is 10.0. The zero-order valence-corrected chi connectivity index (χ0v) is 13.6. The summed E-state index contributed by atoms with van der Waals surface area (Å²) < 4.78 is 16.8. The molecule has 120 valence electrons. The van der Waals surface area contributed by atoms with Crippen LogP contribution in [0.2, 0.25) is 0 Å². The maximum atomic E-state index is 6.01. The summed E-state index contributed by atoms with van der Waals surface area (Å²) in [7, 11) is 0. The second-order valence-corrected chi connectivity index (χ2v) is 5.05. The van der Waals surface area contributed by atoms with Crippen LogP contribution >= 0.6 is 0 Å². The molecule has 4 nitrogen and oxygen atoms in total. The number of benzene rings is 1. The van der Waals surface area contributed by atoms with Crippen LogP contribution in [-0.2, 0) is 11.2 Å². The highest BCUT2D eigenvalue weighted by Crippen LogP contribution is 2.29. The lowest BCUT2D eigenvalue weighted by Crippen LogP contribution is -2.21. The van der Waals surface area contributed by atoms with Crippen LogP contribution in [0.25, 0.3) is 0 Å². The van der Waals surface area contributed by atoms with E-state index < -0.39 is 0 Å². The summed E-state index contributed by atoms with van der Waals surface area (Å²) in [6.07, 6.45) is 2.85. The molecule has 0 radical (unpaired) electrons. The molecular weight excluding hydrogens is 266 g/mol. The molecule has 0 fully saturated rings. The summed E-state index contributed by atoms with van der Waals surface area (Å²) >= 11 is 0. The summed E-state index contributed by atoms with van der Waals surface area (Å²) in [6.45, 7) is 8.69. The van der Waals surface area contributed by atoms with E-state index in [1.165, 1.54) is 5.56 Å². The average Bonchev–Trinajstić information content (AvgIpc) is 2.49. The van der Waals surface area contributed by atoms with Crippen LogP contribution in [-0.4, -0.2) is 32.5 Å². The first kappa shape index (κ1) is 17.8. The van der Waals surface area contributed by atoms with Gasteiger partial charge in [0.05, 0.1) is 13.2 Å². The first-order chi connectivity index (χ1) is 10.2. The van der Waals surface area contributed by atoms with Crippen molar-refractivity contribution in [2.24, 2.45) is 5.73 Å². The number of ether oxygens (including phenoxy) is 3. The highest BCUT2D eigenvalue weighted by atomic mass is 16.5. The third kappa shape index (κ3) is 6.82. The first-order valence-electron chi connectivity index (χ1n) is 7.93. The molecule has 4 heteroatoms. The van der Waals surface area contributed by atoms with Gasteiger partial charge in [0.1, 0.15) is 6.61 Å². The van der Waals surface area contributed by atoms with E-state index in [2.05, 4.69) is 19.9 Å². The highest BCUT2D eigenvalue weighted by molar-refractivity contribution is 5.43. The largest absolute Gasteiger partial charge is 0.490 e. The van der Waals surface area contributed by atoms with Crippen molar-refractivity contribution in [2.45, 2.75) is 46.1 Å². The van der Waals surface area contributed by atoms with E-state index in [1.807, 2.05) is 19.1 Å². The molecule has 0 aliphatic rings. The van der Waals surface area contributed by atoms with Crippen molar-refractivity contribution < 1.29 is 14.2 Å². The molecule has 0 aliphatic heterocycles. The van der Waals surface area contributed by atoms with E-state index in [1.54, 1.807) is 0 Å². The molecule has 0 saturated carbocycles. The molecule has 1 rings (SSSR count). The van der Waals surface area contributed by atoms with Gasteiger partial charge in [0.25, 0.3) is 0 Å². The second-order valence-electron chi connectivity index (χ2n) is 5.05. The van der Waals surface area contributed by atoms with Gasteiger partial charge >= 0.3 is 0 Å².